The maximum Gasteiger partial charge on any atom is 1.00 e. The Bertz CT molecular complexity index is 173. The number of rotatable bonds is 0. The second-order valence-electron chi connectivity index (χ2n) is 1.54. The summed E-state index contributed by atoms with van der Waals surface area (Å²) in [6.45, 7) is 1.77. The zero-order chi connectivity index (χ0) is 5.98. The van der Waals surface area contributed by atoms with Crippen LogP contribution in [-0.4, -0.2) is 4.98 Å². The molecule has 0 spiro atoms. The van der Waals surface area contributed by atoms with Crippen molar-refractivity contribution < 1.29 is 23.3 Å². The van der Waals surface area contributed by atoms with Crippen molar-refractivity contribution >= 4 is 0 Å². The molecule has 0 bridgehead atoms. The van der Waals surface area contributed by atoms with Gasteiger partial charge in [-0.15, -0.1) is 0 Å². The van der Waals surface area contributed by atoms with Crippen molar-refractivity contribution in [1.82, 2.24) is 4.98 Å². The first-order valence-corrected chi connectivity index (χ1v) is 2.29. The van der Waals surface area contributed by atoms with Crippen LogP contribution in [-0.2, 0) is 0 Å². The van der Waals surface area contributed by atoms with Crippen LogP contribution in [0, 0.1) is 18.9 Å². The summed E-state index contributed by atoms with van der Waals surface area (Å²) in [4.78, 5) is 3.32. The molecule has 9 heavy (non-hydrogen) atoms. The topological polar surface area (TPSA) is 12.9 Å². The Balaban J connectivity index is 0.000000640. The van der Waals surface area contributed by atoms with Crippen LogP contribution in [0.2, 0.25) is 0 Å². The molecule has 1 rings (SSSR count). The summed E-state index contributed by atoms with van der Waals surface area (Å²) in [6, 6.07) is 4.09. The maximum atomic E-state index is 12.0. The first-order chi connectivity index (χ1) is 3.79. The first kappa shape index (κ1) is 8.68. The van der Waals surface area contributed by atoms with Gasteiger partial charge < -0.3 is 0 Å². The van der Waals surface area contributed by atoms with E-state index in [1.54, 1.807) is 13.0 Å². The Labute approximate surface area is 65.5 Å². The van der Waals surface area contributed by atoms with Gasteiger partial charge in [-0.25, -0.2) is 9.95 Å². The molecule has 1 aromatic heterocycles. The van der Waals surface area contributed by atoms with Gasteiger partial charge in [0.15, 0.2) is 0 Å². The third-order valence-electron chi connectivity index (χ3n) is 0.813. The molecule has 0 aromatic carbocycles. The van der Waals surface area contributed by atoms with Crippen LogP contribution >= 0.6 is 0 Å². The molecule has 0 unspecified atom stereocenters. The van der Waals surface area contributed by atoms with E-state index < -0.39 is 5.95 Å². The van der Waals surface area contributed by atoms with Gasteiger partial charge in [0.1, 0.15) is 5.95 Å². The van der Waals surface area contributed by atoms with E-state index in [4.69, 9.17) is 0 Å². The van der Waals surface area contributed by atoms with Gasteiger partial charge in [-0.05, 0) is 0 Å². The third-order valence-corrected chi connectivity index (χ3v) is 0.813. The predicted molar refractivity (Wildman–Crippen MR) is 27.8 cm³/mol. The molecule has 0 saturated heterocycles. The van der Waals surface area contributed by atoms with Gasteiger partial charge in [0.05, 0.1) is 0 Å². The minimum Gasteiger partial charge on any atom is -0.266 e. The Morgan fingerprint density at radius 2 is 2.33 bits per heavy atom. The molecular formula is C6H5FLiN. The zero-order valence-electron chi connectivity index (χ0n) is 5.48. The van der Waals surface area contributed by atoms with E-state index in [0.29, 0.717) is 0 Å². The van der Waals surface area contributed by atoms with Crippen LogP contribution in [0.3, 0.4) is 0 Å². The van der Waals surface area contributed by atoms with E-state index in [0.717, 1.165) is 5.56 Å². The van der Waals surface area contributed by atoms with Gasteiger partial charge in [-0.1, -0.05) is 13.1 Å². The first-order valence-electron chi connectivity index (χ1n) is 2.29. The number of halogens is 1. The van der Waals surface area contributed by atoms with Crippen molar-refractivity contribution in [1.29, 1.82) is 0 Å². The van der Waals surface area contributed by atoms with Gasteiger partial charge in [-0.3, -0.25) is 4.98 Å². The number of hydrogen-bond acceptors (Lipinski definition) is 1. The van der Waals surface area contributed by atoms with E-state index >= 15 is 0 Å². The molecule has 0 amide bonds. The van der Waals surface area contributed by atoms with Gasteiger partial charge in [-0.2, -0.15) is 12.1 Å². The number of aromatic nitrogens is 1. The largest absolute Gasteiger partial charge is 1.00 e. The fraction of sp³-hybridized carbons (Fsp3) is 0.167. The van der Waals surface area contributed by atoms with Crippen LogP contribution in [0.5, 0.6) is 0 Å². The van der Waals surface area contributed by atoms with Crippen molar-refractivity contribution in [2.24, 2.45) is 0 Å². The summed E-state index contributed by atoms with van der Waals surface area (Å²) < 4.78 is 12.0. The number of hydrogen-bond donors (Lipinski definition) is 0. The minimum absolute atomic E-state index is 0. The smallest absolute Gasteiger partial charge is 0.266 e. The van der Waals surface area contributed by atoms with E-state index in [1.165, 1.54) is 6.20 Å². The molecule has 0 aliphatic heterocycles. The normalized spacial score (nSPS) is 8.22. The summed E-state index contributed by atoms with van der Waals surface area (Å²) in [7, 11) is 0. The van der Waals surface area contributed by atoms with Crippen molar-refractivity contribution in [2.45, 2.75) is 6.92 Å². The molecule has 0 radical (unpaired) electrons. The molecule has 1 aromatic rings. The summed E-state index contributed by atoms with van der Waals surface area (Å²) in [5, 5.41) is 0. The van der Waals surface area contributed by atoms with Crippen molar-refractivity contribution in [3.05, 3.63) is 29.8 Å². The van der Waals surface area contributed by atoms with E-state index in [-0.39, 0.29) is 18.9 Å². The number of aryl methyl sites for hydroxylation is 1. The van der Waals surface area contributed by atoms with Crippen LogP contribution in [0.25, 0.3) is 0 Å². The summed E-state index contributed by atoms with van der Waals surface area (Å²) in [5.41, 5.74) is 0.775. The molecule has 0 N–H and O–H groups in total. The van der Waals surface area contributed by atoms with Gasteiger partial charge in [0.2, 0.25) is 0 Å². The zero-order valence-corrected chi connectivity index (χ0v) is 5.48. The number of nitrogens with zero attached hydrogens (tertiary/aromatic N) is 1. The minimum atomic E-state index is -0.537. The maximum absolute atomic E-state index is 12.0. The summed E-state index contributed by atoms with van der Waals surface area (Å²) >= 11 is 0. The molecule has 0 atom stereocenters. The molecule has 1 nitrogen and oxygen atoms in total. The van der Waals surface area contributed by atoms with Gasteiger partial charge in [0, 0.05) is 0 Å². The Kier molecular flexibility index (Phi) is 3.52. The van der Waals surface area contributed by atoms with E-state index in [1.807, 2.05) is 0 Å². The second-order valence-corrected chi connectivity index (χ2v) is 1.54. The Morgan fingerprint density at radius 1 is 1.67 bits per heavy atom. The monoisotopic (exact) mass is 117 g/mol. The fourth-order valence-electron chi connectivity index (χ4n) is 0.451. The second kappa shape index (κ2) is 3.66. The predicted octanol–water partition coefficient (Wildman–Crippen LogP) is -1.67. The van der Waals surface area contributed by atoms with Crippen molar-refractivity contribution in [3.63, 3.8) is 0 Å². The van der Waals surface area contributed by atoms with Crippen molar-refractivity contribution in [3.8, 4) is 0 Å². The standard InChI is InChI=1S/C6H5FN.Li/c1-5-2-3-8-6(7)4-5;/h2-3H,1H3;/q-1;+1. The van der Waals surface area contributed by atoms with E-state index in [9.17, 15) is 4.39 Å². The average Bonchev–Trinajstić information content (AvgIpc) is 1.64. The molecule has 0 fully saturated rings. The molecule has 0 aliphatic carbocycles. The fourth-order valence-corrected chi connectivity index (χ4v) is 0.451. The molecular weight excluding hydrogens is 112 g/mol. The Morgan fingerprint density at radius 3 is 2.67 bits per heavy atom. The van der Waals surface area contributed by atoms with Crippen LogP contribution < -0.4 is 18.9 Å². The van der Waals surface area contributed by atoms with Crippen molar-refractivity contribution in [2.75, 3.05) is 0 Å². The SMILES string of the molecule is Cc1[c-]c(F)ncc1.[Li+]. The Hall–Kier alpha value is -0.323. The van der Waals surface area contributed by atoms with E-state index in [2.05, 4.69) is 11.1 Å². The van der Waals surface area contributed by atoms with Gasteiger partial charge in [0.25, 0.3) is 0 Å². The van der Waals surface area contributed by atoms with Crippen LogP contribution in [0.1, 0.15) is 5.56 Å². The number of pyridine rings is 1. The molecule has 0 aliphatic rings. The van der Waals surface area contributed by atoms with Gasteiger partial charge >= 0.3 is 18.9 Å². The summed E-state index contributed by atoms with van der Waals surface area (Å²) in [5.74, 6) is -0.537. The molecule has 0 saturated carbocycles. The quantitative estimate of drug-likeness (QED) is 0.225. The molecule has 1 heterocycles. The van der Waals surface area contributed by atoms with Crippen LogP contribution in [0.15, 0.2) is 12.3 Å². The summed E-state index contributed by atoms with van der Waals surface area (Å²) in [6.07, 6.45) is 1.42. The van der Waals surface area contributed by atoms with Crippen LogP contribution in [0.4, 0.5) is 4.39 Å². The molecule has 3 heteroatoms. The molecule has 42 valence electrons. The average molecular weight is 117 g/mol. The third kappa shape index (κ3) is 2.64.